The summed E-state index contributed by atoms with van der Waals surface area (Å²) in [5, 5.41) is 7.83. The Morgan fingerprint density at radius 1 is 1.75 bits per heavy atom. The zero-order valence-electron chi connectivity index (χ0n) is 6.67. The Kier molecular flexibility index (Phi) is 8.44. The van der Waals surface area contributed by atoms with Gasteiger partial charge in [-0.3, -0.25) is 4.55 Å². The van der Waals surface area contributed by atoms with Crippen molar-refractivity contribution in [2.24, 2.45) is 5.73 Å². The lowest BCUT2D eigenvalue weighted by Crippen LogP contribution is -2.11. The zero-order valence-corrected chi connectivity index (χ0v) is 7.49. The minimum atomic E-state index is -4.26. The molecule has 0 saturated carbocycles. The van der Waals surface area contributed by atoms with Gasteiger partial charge in [-0.05, 0) is 6.92 Å². The van der Waals surface area contributed by atoms with Crippen molar-refractivity contribution in [3.8, 4) is 0 Å². The van der Waals surface area contributed by atoms with E-state index in [0.717, 1.165) is 0 Å². The summed E-state index contributed by atoms with van der Waals surface area (Å²) in [5.74, 6) is 0. The summed E-state index contributed by atoms with van der Waals surface area (Å²) in [6, 6.07) is 0. The second-order valence-electron chi connectivity index (χ2n) is 1.74. The SMILES string of the molecule is C=CCOS(=O)(=O)O.CC(N)O. The smallest absolute Gasteiger partial charge is 0.379 e. The van der Waals surface area contributed by atoms with E-state index in [1.165, 1.54) is 13.0 Å². The van der Waals surface area contributed by atoms with Gasteiger partial charge in [-0.25, -0.2) is 4.18 Å². The van der Waals surface area contributed by atoms with E-state index in [-0.39, 0.29) is 6.61 Å². The number of aliphatic hydroxyl groups is 1. The van der Waals surface area contributed by atoms with Crippen molar-refractivity contribution in [1.29, 1.82) is 0 Å². The Labute approximate surface area is 71.6 Å². The van der Waals surface area contributed by atoms with E-state index in [0.29, 0.717) is 0 Å². The van der Waals surface area contributed by atoms with Crippen LogP contribution >= 0.6 is 0 Å². The highest BCUT2D eigenvalue weighted by Gasteiger charge is 1.99. The number of nitrogens with two attached hydrogens (primary N) is 1. The summed E-state index contributed by atoms with van der Waals surface area (Å²) < 4.78 is 31.0. The molecule has 1 unspecified atom stereocenters. The molecular formula is C5H13NO5S. The third kappa shape index (κ3) is 33.8. The van der Waals surface area contributed by atoms with E-state index < -0.39 is 16.6 Å². The maximum Gasteiger partial charge on any atom is 0.397 e. The highest BCUT2D eigenvalue weighted by atomic mass is 32.3. The maximum absolute atomic E-state index is 9.68. The molecule has 0 aliphatic carbocycles. The molecule has 0 heterocycles. The van der Waals surface area contributed by atoms with Crippen LogP contribution in [0.2, 0.25) is 0 Å². The van der Waals surface area contributed by atoms with Crippen LogP contribution in [-0.4, -0.2) is 30.9 Å². The van der Waals surface area contributed by atoms with Crippen LogP contribution in [0.5, 0.6) is 0 Å². The molecule has 7 heteroatoms. The van der Waals surface area contributed by atoms with Gasteiger partial charge in [-0.15, -0.1) is 6.58 Å². The molecule has 74 valence electrons. The maximum atomic E-state index is 9.68. The van der Waals surface area contributed by atoms with Gasteiger partial charge in [0.25, 0.3) is 0 Å². The minimum absolute atomic E-state index is 0.196. The molecule has 0 aromatic rings. The Balaban J connectivity index is 0. The molecule has 0 bridgehead atoms. The van der Waals surface area contributed by atoms with E-state index in [4.69, 9.17) is 9.66 Å². The molecule has 0 aromatic carbocycles. The van der Waals surface area contributed by atoms with Gasteiger partial charge < -0.3 is 10.8 Å². The molecule has 1 atom stereocenters. The first-order valence-electron chi connectivity index (χ1n) is 2.96. The molecule has 0 amide bonds. The van der Waals surface area contributed by atoms with Crippen molar-refractivity contribution in [3.05, 3.63) is 12.7 Å². The van der Waals surface area contributed by atoms with Crippen LogP contribution in [0.15, 0.2) is 12.7 Å². The first-order chi connectivity index (χ1) is 5.29. The van der Waals surface area contributed by atoms with Crippen molar-refractivity contribution in [3.63, 3.8) is 0 Å². The lowest BCUT2D eigenvalue weighted by molar-refractivity contribution is 0.203. The van der Waals surface area contributed by atoms with Gasteiger partial charge in [-0.1, -0.05) is 6.08 Å². The second kappa shape index (κ2) is 7.19. The quantitative estimate of drug-likeness (QED) is 0.314. The summed E-state index contributed by atoms with van der Waals surface area (Å²) in [6.07, 6.45) is 0.549. The molecule has 6 nitrogen and oxygen atoms in total. The van der Waals surface area contributed by atoms with E-state index in [1.54, 1.807) is 0 Å². The van der Waals surface area contributed by atoms with E-state index in [2.05, 4.69) is 16.5 Å². The average Bonchev–Trinajstić information content (AvgIpc) is 1.80. The summed E-state index contributed by atoms with van der Waals surface area (Å²) in [4.78, 5) is 0. The predicted octanol–water partition coefficient (Wildman–Crippen LogP) is -0.725. The van der Waals surface area contributed by atoms with E-state index in [1.807, 2.05) is 0 Å². The van der Waals surface area contributed by atoms with Gasteiger partial charge in [-0.2, -0.15) is 8.42 Å². The molecule has 4 N–H and O–H groups in total. The first-order valence-corrected chi connectivity index (χ1v) is 4.32. The van der Waals surface area contributed by atoms with Crippen LogP contribution in [-0.2, 0) is 14.6 Å². The monoisotopic (exact) mass is 199 g/mol. The summed E-state index contributed by atoms with van der Waals surface area (Å²) in [7, 11) is -4.26. The van der Waals surface area contributed by atoms with Crippen molar-refractivity contribution >= 4 is 10.4 Å². The lowest BCUT2D eigenvalue weighted by atomic mass is 10.7. The zero-order chi connectivity index (χ0) is 10.2. The topological polar surface area (TPSA) is 110 Å². The Morgan fingerprint density at radius 3 is 2.17 bits per heavy atom. The van der Waals surface area contributed by atoms with Gasteiger partial charge in [0.1, 0.15) is 0 Å². The normalized spacial score (nSPS) is 12.7. The van der Waals surface area contributed by atoms with Crippen molar-refractivity contribution in [2.75, 3.05) is 6.61 Å². The van der Waals surface area contributed by atoms with Gasteiger partial charge in [0.2, 0.25) is 0 Å². The molecule has 0 radical (unpaired) electrons. The summed E-state index contributed by atoms with van der Waals surface area (Å²) in [5.41, 5.74) is 4.67. The van der Waals surface area contributed by atoms with Gasteiger partial charge >= 0.3 is 10.4 Å². The van der Waals surface area contributed by atoms with E-state index in [9.17, 15) is 8.42 Å². The Hall–Kier alpha value is -0.470. The average molecular weight is 199 g/mol. The molecule has 0 aliphatic heterocycles. The molecular weight excluding hydrogens is 186 g/mol. The van der Waals surface area contributed by atoms with Crippen molar-refractivity contribution in [1.82, 2.24) is 0 Å². The molecule has 0 saturated heterocycles. The Bertz CT molecular complexity index is 195. The van der Waals surface area contributed by atoms with Gasteiger partial charge in [0.15, 0.2) is 0 Å². The Morgan fingerprint density at radius 2 is 2.08 bits per heavy atom. The summed E-state index contributed by atoms with van der Waals surface area (Å²) >= 11 is 0. The first kappa shape index (κ1) is 14.1. The fourth-order valence-corrected chi connectivity index (χ4v) is 0.402. The van der Waals surface area contributed by atoms with Crippen LogP contribution < -0.4 is 5.73 Å². The fraction of sp³-hybridized carbons (Fsp3) is 0.600. The third-order valence-electron chi connectivity index (χ3n) is 0.335. The predicted molar refractivity (Wildman–Crippen MR) is 43.6 cm³/mol. The second-order valence-corrected chi connectivity index (χ2v) is 2.83. The minimum Gasteiger partial charge on any atom is -0.379 e. The number of hydrogen-bond acceptors (Lipinski definition) is 5. The van der Waals surface area contributed by atoms with Crippen LogP contribution in [0.4, 0.5) is 0 Å². The summed E-state index contributed by atoms with van der Waals surface area (Å²) in [6.45, 7) is 4.47. The largest absolute Gasteiger partial charge is 0.397 e. The lowest BCUT2D eigenvalue weighted by Gasteiger charge is -1.90. The van der Waals surface area contributed by atoms with Crippen molar-refractivity contribution in [2.45, 2.75) is 13.2 Å². The molecule has 0 fully saturated rings. The van der Waals surface area contributed by atoms with Crippen molar-refractivity contribution < 1.29 is 22.3 Å². The number of rotatable bonds is 3. The van der Waals surface area contributed by atoms with Gasteiger partial charge in [0.05, 0.1) is 12.8 Å². The molecule has 0 spiro atoms. The van der Waals surface area contributed by atoms with Crippen LogP contribution in [0, 0.1) is 0 Å². The molecule has 0 aliphatic rings. The fourth-order valence-electron chi connectivity index (χ4n) is 0.134. The third-order valence-corrected chi connectivity index (χ3v) is 0.769. The van der Waals surface area contributed by atoms with Crippen LogP contribution in [0.1, 0.15) is 6.92 Å². The highest BCUT2D eigenvalue weighted by molar-refractivity contribution is 7.80. The number of hydrogen-bond donors (Lipinski definition) is 3. The van der Waals surface area contributed by atoms with Crippen LogP contribution in [0.25, 0.3) is 0 Å². The van der Waals surface area contributed by atoms with E-state index >= 15 is 0 Å². The standard InChI is InChI=1S/C3H6O4S.C2H7NO/c1-2-3-7-8(4,5)6;1-2(3)4/h2H,1,3H2,(H,4,5,6);2,4H,3H2,1H3. The van der Waals surface area contributed by atoms with Crippen LogP contribution in [0.3, 0.4) is 0 Å². The highest BCUT2D eigenvalue weighted by Crippen LogP contribution is 1.83. The number of aliphatic hydroxyl groups excluding tert-OH is 1. The molecule has 12 heavy (non-hydrogen) atoms. The van der Waals surface area contributed by atoms with Gasteiger partial charge in [0, 0.05) is 0 Å². The molecule has 0 aromatic heterocycles. The molecule has 0 rings (SSSR count).